The van der Waals surface area contributed by atoms with Gasteiger partial charge in [0.25, 0.3) is 5.91 Å². The van der Waals surface area contributed by atoms with Gasteiger partial charge in [0.2, 0.25) is 0 Å². The zero-order chi connectivity index (χ0) is 18.1. The second kappa shape index (κ2) is 6.96. The van der Waals surface area contributed by atoms with Crippen molar-refractivity contribution in [1.82, 2.24) is 20.3 Å². The minimum atomic E-state index is -1.04. The van der Waals surface area contributed by atoms with E-state index in [-0.39, 0.29) is 5.91 Å². The standard InChI is InChI=1S/C19H24N4OSSi/c1-26(2)9-4-6-14(7-10-26)21-18(24)15-11-16-17(22-15)23-19(25-16)13-5-3-8-20-12-13/h3,5,8,11-12,14,22H,4,6-7,9-10H2,1-2H3,(H,21,24). The topological polar surface area (TPSA) is 70.7 Å². The van der Waals surface area contributed by atoms with Gasteiger partial charge in [-0.3, -0.25) is 9.78 Å². The molecule has 1 aliphatic rings. The van der Waals surface area contributed by atoms with E-state index >= 15 is 0 Å². The number of carbonyl (C=O) groups is 1. The molecule has 4 heterocycles. The van der Waals surface area contributed by atoms with E-state index in [1.165, 1.54) is 18.5 Å². The summed E-state index contributed by atoms with van der Waals surface area (Å²) in [5, 5.41) is 4.15. The van der Waals surface area contributed by atoms with Crippen molar-refractivity contribution < 1.29 is 4.79 Å². The Hall–Kier alpha value is -1.99. The number of hydrogen-bond donors (Lipinski definition) is 2. The normalized spacial score (nSPS) is 20.0. The van der Waals surface area contributed by atoms with Crippen molar-refractivity contribution in [2.24, 2.45) is 0 Å². The third-order valence-electron chi connectivity index (χ3n) is 5.25. The molecule has 1 saturated heterocycles. The number of carbonyl (C=O) groups excluding carboxylic acids is 1. The van der Waals surface area contributed by atoms with Gasteiger partial charge in [-0.1, -0.05) is 31.6 Å². The zero-order valence-electron chi connectivity index (χ0n) is 15.2. The van der Waals surface area contributed by atoms with Gasteiger partial charge in [0.15, 0.2) is 0 Å². The molecule has 0 aromatic carbocycles. The van der Waals surface area contributed by atoms with Crippen LogP contribution < -0.4 is 5.32 Å². The molecule has 26 heavy (non-hydrogen) atoms. The minimum absolute atomic E-state index is 0.00972. The highest BCUT2D eigenvalue weighted by molar-refractivity contribution is 7.21. The van der Waals surface area contributed by atoms with Crippen LogP contribution in [-0.4, -0.2) is 35.0 Å². The summed E-state index contributed by atoms with van der Waals surface area (Å²) in [6, 6.07) is 8.79. The molecule has 0 spiro atoms. The third kappa shape index (κ3) is 3.73. The average Bonchev–Trinajstić information content (AvgIpc) is 3.14. The number of hydrogen-bond acceptors (Lipinski definition) is 4. The summed E-state index contributed by atoms with van der Waals surface area (Å²) in [6.45, 7) is 4.92. The SMILES string of the molecule is C[Si]1(C)CCCC(NC(=O)c2cc3sc(-c4cccnc4)nc3[nH]2)CC1. The van der Waals surface area contributed by atoms with E-state index in [1.54, 1.807) is 17.5 Å². The van der Waals surface area contributed by atoms with Gasteiger partial charge in [-0.2, -0.15) is 0 Å². The highest BCUT2D eigenvalue weighted by Crippen LogP contribution is 2.30. The van der Waals surface area contributed by atoms with Crippen molar-refractivity contribution in [2.75, 3.05) is 0 Å². The maximum atomic E-state index is 12.6. The van der Waals surface area contributed by atoms with Crippen LogP contribution in [0.4, 0.5) is 0 Å². The molecule has 0 aliphatic carbocycles. The van der Waals surface area contributed by atoms with Crippen LogP contribution in [0.15, 0.2) is 30.6 Å². The number of nitrogens with one attached hydrogen (secondary N) is 2. The first-order valence-electron chi connectivity index (χ1n) is 9.21. The number of H-pyrrole nitrogens is 1. The molecule has 136 valence electrons. The van der Waals surface area contributed by atoms with Crippen LogP contribution in [0, 0.1) is 0 Å². The predicted molar refractivity (Wildman–Crippen MR) is 109 cm³/mol. The summed E-state index contributed by atoms with van der Waals surface area (Å²) in [6.07, 6.45) is 7.01. The lowest BCUT2D eigenvalue weighted by molar-refractivity contribution is 0.0930. The summed E-state index contributed by atoms with van der Waals surface area (Å²) in [5.41, 5.74) is 2.38. The van der Waals surface area contributed by atoms with Crippen LogP contribution in [0.3, 0.4) is 0 Å². The Labute approximate surface area is 158 Å². The lowest BCUT2D eigenvalue weighted by Crippen LogP contribution is -2.35. The van der Waals surface area contributed by atoms with Crippen LogP contribution in [0.25, 0.3) is 20.9 Å². The first-order chi connectivity index (χ1) is 12.5. The Kier molecular flexibility index (Phi) is 4.66. The molecular weight excluding hydrogens is 360 g/mol. The largest absolute Gasteiger partial charge is 0.348 e. The molecule has 0 radical (unpaired) electrons. The van der Waals surface area contributed by atoms with Gasteiger partial charge >= 0.3 is 0 Å². The van der Waals surface area contributed by atoms with Crippen molar-refractivity contribution in [3.05, 3.63) is 36.3 Å². The van der Waals surface area contributed by atoms with Gasteiger partial charge in [-0.15, -0.1) is 11.3 Å². The first kappa shape index (κ1) is 17.4. The van der Waals surface area contributed by atoms with Crippen LogP contribution in [0.1, 0.15) is 29.8 Å². The Balaban J connectivity index is 1.47. The summed E-state index contributed by atoms with van der Waals surface area (Å²) in [7, 11) is -1.04. The maximum Gasteiger partial charge on any atom is 0.268 e. The lowest BCUT2D eigenvalue weighted by Gasteiger charge is -2.19. The molecule has 1 atom stereocenters. The Morgan fingerprint density at radius 2 is 2.23 bits per heavy atom. The molecule has 0 saturated carbocycles. The molecule has 0 bridgehead atoms. The van der Waals surface area contributed by atoms with Gasteiger partial charge in [0.05, 0.1) is 4.70 Å². The van der Waals surface area contributed by atoms with Crippen molar-refractivity contribution in [3.8, 4) is 10.6 Å². The van der Waals surface area contributed by atoms with Gasteiger partial charge in [0.1, 0.15) is 16.3 Å². The number of fused-ring (bicyclic) bond motifs is 1. The number of aromatic amines is 1. The summed E-state index contributed by atoms with van der Waals surface area (Å²) in [4.78, 5) is 24.6. The molecule has 3 aromatic heterocycles. The highest BCUT2D eigenvalue weighted by atomic mass is 32.1. The molecule has 4 rings (SSSR count). The summed E-state index contributed by atoms with van der Waals surface area (Å²) < 4.78 is 1.00. The average molecular weight is 385 g/mol. The van der Waals surface area contributed by atoms with E-state index in [0.717, 1.165) is 33.8 Å². The number of amides is 1. The zero-order valence-corrected chi connectivity index (χ0v) is 17.0. The van der Waals surface area contributed by atoms with Gasteiger partial charge < -0.3 is 10.3 Å². The van der Waals surface area contributed by atoms with Crippen molar-refractivity contribution in [3.63, 3.8) is 0 Å². The third-order valence-corrected chi connectivity index (χ3v) is 9.65. The Bertz CT molecular complexity index is 887. The van der Waals surface area contributed by atoms with Crippen LogP contribution in [0.5, 0.6) is 0 Å². The van der Waals surface area contributed by atoms with E-state index in [2.05, 4.69) is 33.4 Å². The molecule has 7 heteroatoms. The summed E-state index contributed by atoms with van der Waals surface area (Å²) >= 11 is 1.58. The number of rotatable bonds is 3. The number of nitrogens with zero attached hydrogens (tertiary/aromatic N) is 2. The van der Waals surface area contributed by atoms with Crippen LogP contribution in [0.2, 0.25) is 25.2 Å². The molecule has 1 aliphatic heterocycles. The fraction of sp³-hybridized carbons (Fsp3) is 0.421. The fourth-order valence-corrected chi connectivity index (χ4v) is 7.11. The molecule has 1 amide bonds. The smallest absolute Gasteiger partial charge is 0.268 e. The highest BCUT2D eigenvalue weighted by Gasteiger charge is 2.27. The van der Waals surface area contributed by atoms with Crippen LogP contribution in [-0.2, 0) is 0 Å². The summed E-state index contributed by atoms with van der Waals surface area (Å²) in [5.74, 6) is -0.00972. The molecule has 1 unspecified atom stereocenters. The second-order valence-corrected chi connectivity index (χ2v) is 14.3. The Morgan fingerprint density at radius 3 is 3.00 bits per heavy atom. The van der Waals surface area contributed by atoms with Crippen molar-refractivity contribution in [1.29, 1.82) is 0 Å². The molecule has 1 fully saturated rings. The van der Waals surface area contributed by atoms with Crippen molar-refractivity contribution in [2.45, 2.75) is 50.5 Å². The van der Waals surface area contributed by atoms with Gasteiger partial charge in [-0.25, -0.2) is 4.98 Å². The second-order valence-electron chi connectivity index (χ2n) is 7.92. The molecular formula is C19H24N4OSSi. The molecule has 5 nitrogen and oxygen atoms in total. The number of aromatic nitrogens is 3. The number of thiazole rings is 1. The van der Waals surface area contributed by atoms with E-state index in [9.17, 15) is 4.79 Å². The Morgan fingerprint density at radius 1 is 1.35 bits per heavy atom. The first-order valence-corrected chi connectivity index (χ1v) is 13.4. The number of pyridine rings is 1. The van der Waals surface area contributed by atoms with E-state index in [4.69, 9.17) is 0 Å². The maximum absolute atomic E-state index is 12.6. The van der Waals surface area contributed by atoms with E-state index in [1.807, 2.05) is 24.4 Å². The quantitative estimate of drug-likeness (QED) is 0.644. The molecule has 2 N–H and O–H groups in total. The fourth-order valence-electron chi connectivity index (χ4n) is 3.62. The van der Waals surface area contributed by atoms with Crippen LogP contribution >= 0.6 is 11.3 Å². The van der Waals surface area contributed by atoms with E-state index in [0.29, 0.717) is 11.7 Å². The minimum Gasteiger partial charge on any atom is -0.348 e. The molecule has 3 aromatic rings. The lowest BCUT2D eigenvalue weighted by atomic mass is 10.1. The van der Waals surface area contributed by atoms with Gasteiger partial charge in [-0.05, 0) is 31.0 Å². The van der Waals surface area contributed by atoms with Gasteiger partial charge in [0, 0.05) is 32.1 Å². The van der Waals surface area contributed by atoms with Crippen molar-refractivity contribution >= 4 is 35.7 Å². The van der Waals surface area contributed by atoms with E-state index < -0.39 is 8.07 Å². The predicted octanol–water partition coefficient (Wildman–Crippen LogP) is 4.68. The monoisotopic (exact) mass is 384 g/mol.